The van der Waals surface area contributed by atoms with Gasteiger partial charge >= 0.3 is 0 Å². The van der Waals surface area contributed by atoms with Crippen LogP contribution in [0.25, 0.3) is 17.7 Å². The van der Waals surface area contributed by atoms with Crippen LogP contribution in [0, 0.1) is 0 Å². The summed E-state index contributed by atoms with van der Waals surface area (Å²) in [7, 11) is 0. The molecule has 0 fully saturated rings. The molecule has 5 nitrogen and oxygen atoms in total. The molecule has 1 aromatic carbocycles. The zero-order valence-corrected chi connectivity index (χ0v) is 30.9. The zero-order valence-electron chi connectivity index (χ0n) is 30.9. The monoisotopic (exact) mass is 654 g/mol. The van der Waals surface area contributed by atoms with E-state index in [4.69, 9.17) is 4.99 Å². The first-order valence-electron chi connectivity index (χ1n) is 18.9. The van der Waals surface area contributed by atoms with E-state index in [1.54, 1.807) is 0 Å². The topological polar surface area (TPSA) is 76.8 Å². The van der Waals surface area contributed by atoms with E-state index in [1.807, 2.05) is 0 Å². The molecule has 4 aromatic rings. The number of fused-ring (bicyclic) bond motifs is 7. The summed E-state index contributed by atoms with van der Waals surface area (Å²) in [5.74, 6) is 0.131. The number of hydrogen-bond donors (Lipinski definition) is 3. The summed E-state index contributed by atoms with van der Waals surface area (Å²) in [6.07, 6.45) is 13.7. The molecule has 0 saturated heterocycles. The van der Waals surface area contributed by atoms with Gasteiger partial charge < -0.3 is 15.0 Å². The first-order chi connectivity index (χ1) is 23.9. The Balaban J connectivity index is 1.81. The molecular weight excluding hydrogens is 601 g/mol. The first kappa shape index (κ1) is 34.5. The highest BCUT2D eigenvalue weighted by Gasteiger charge is 2.30. The fourth-order valence-electron chi connectivity index (χ4n) is 8.83. The lowest BCUT2D eigenvalue weighted by Gasteiger charge is -2.20. The lowest BCUT2D eigenvalue weighted by Crippen LogP contribution is -2.22. The van der Waals surface area contributed by atoms with Crippen molar-refractivity contribution in [3.63, 3.8) is 0 Å². The van der Waals surface area contributed by atoms with Crippen molar-refractivity contribution in [1.82, 2.24) is 15.0 Å². The maximum absolute atomic E-state index is 13.2. The van der Waals surface area contributed by atoms with Crippen LogP contribution in [0.2, 0.25) is 0 Å². The Morgan fingerprint density at radius 3 is 1.67 bits per heavy atom. The summed E-state index contributed by atoms with van der Waals surface area (Å²) in [5.41, 5.74) is 19.2. The van der Waals surface area contributed by atoms with Crippen LogP contribution >= 0.6 is 0 Å². The van der Waals surface area contributed by atoms with Crippen LogP contribution in [0.15, 0.2) is 52.2 Å². The van der Waals surface area contributed by atoms with Gasteiger partial charge in [-0.05, 0) is 120 Å². The molecule has 49 heavy (non-hydrogen) atoms. The van der Waals surface area contributed by atoms with Crippen molar-refractivity contribution in [2.24, 2.45) is 4.99 Å². The molecule has 0 amide bonds. The molecule has 3 aromatic heterocycles. The molecule has 5 heteroatoms. The number of aliphatic imine (C=N–C) groups is 1. The molecule has 8 bridgehead atoms. The number of allylic oxidation sites excluding steroid dienone is 2. The minimum atomic E-state index is 0.131. The van der Waals surface area contributed by atoms with Gasteiger partial charge in [0.2, 0.25) is 0 Å². The molecule has 6 rings (SSSR count). The van der Waals surface area contributed by atoms with Crippen molar-refractivity contribution < 1.29 is 4.79 Å². The largest absolute Gasteiger partial charge is 0.358 e. The van der Waals surface area contributed by atoms with Crippen molar-refractivity contribution in [2.75, 3.05) is 0 Å². The number of nitrogens with zero attached hydrogens (tertiary/aromatic N) is 1. The molecule has 2 aliphatic rings. The van der Waals surface area contributed by atoms with Gasteiger partial charge in [0.1, 0.15) is 0 Å². The highest BCUT2D eigenvalue weighted by molar-refractivity contribution is 6.43. The van der Waals surface area contributed by atoms with E-state index in [1.165, 1.54) is 67.2 Å². The molecule has 0 radical (unpaired) electrons. The molecule has 1 unspecified atom stereocenters. The summed E-state index contributed by atoms with van der Waals surface area (Å²) >= 11 is 0. The van der Waals surface area contributed by atoms with E-state index in [-0.39, 0.29) is 5.92 Å². The fraction of sp³-hybridized carbons (Fsp3) is 0.409. The Bertz CT molecular complexity index is 2090. The smallest absolute Gasteiger partial charge is 0.154 e. The van der Waals surface area contributed by atoms with E-state index in [9.17, 15) is 4.79 Å². The van der Waals surface area contributed by atoms with Crippen LogP contribution in [0.1, 0.15) is 136 Å². The molecule has 1 atom stereocenters. The van der Waals surface area contributed by atoms with Gasteiger partial charge in [-0.25, -0.2) is 4.99 Å². The summed E-state index contributed by atoms with van der Waals surface area (Å²) in [6, 6.07) is 10.9. The van der Waals surface area contributed by atoms with E-state index in [0.29, 0.717) is 5.57 Å². The number of benzene rings is 1. The van der Waals surface area contributed by atoms with E-state index in [2.05, 4.69) is 113 Å². The van der Waals surface area contributed by atoms with Crippen LogP contribution in [-0.2, 0) is 49.7 Å². The number of nitrogens with one attached hydrogen (secondary N) is 3. The van der Waals surface area contributed by atoms with E-state index >= 15 is 0 Å². The first-order valence-corrected chi connectivity index (χ1v) is 18.9. The second-order valence-electron chi connectivity index (χ2n) is 13.4. The third-order valence-corrected chi connectivity index (χ3v) is 11.0. The summed E-state index contributed by atoms with van der Waals surface area (Å²) in [5, 5.41) is 2.00. The molecule has 2 aliphatic heterocycles. The third-order valence-electron chi connectivity index (χ3n) is 11.0. The van der Waals surface area contributed by atoms with Gasteiger partial charge in [-0.3, -0.25) is 4.79 Å². The minimum Gasteiger partial charge on any atom is -0.358 e. The Hall–Kier alpha value is -4.38. The van der Waals surface area contributed by atoms with Crippen molar-refractivity contribution in [3.05, 3.63) is 120 Å². The molecule has 3 N–H and O–H groups in total. The van der Waals surface area contributed by atoms with Crippen LogP contribution in [0.4, 0.5) is 0 Å². The highest BCUT2D eigenvalue weighted by Crippen LogP contribution is 2.40. The normalized spacial score (nSPS) is 18.7. The Morgan fingerprint density at radius 1 is 0.612 bits per heavy atom. The summed E-state index contributed by atoms with van der Waals surface area (Å²) in [4.78, 5) is 30.4. The van der Waals surface area contributed by atoms with Crippen LogP contribution in [0.5, 0.6) is 0 Å². The Labute approximate surface area is 292 Å². The average Bonchev–Trinajstić information content (AvgIpc) is 3.87. The summed E-state index contributed by atoms with van der Waals surface area (Å²) < 4.78 is 0. The van der Waals surface area contributed by atoms with Gasteiger partial charge in [0.15, 0.2) is 6.29 Å². The molecule has 256 valence electrons. The maximum atomic E-state index is 13.2. The van der Waals surface area contributed by atoms with Crippen molar-refractivity contribution in [1.29, 1.82) is 0 Å². The number of carbonyl (C=O) groups excluding carboxylic acids is 1. The number of H-pyrrole nitrogens is 3. The molecule has 0 spiro atoms. The number of aldehydes is 1. The zero-order chi connectivity index (χ0) is 34.8. The van der Waals surface area contributed by atoms with Gasteiger partial charge in [-0.15, -0.1) is 0 Å². The Morgan fingerprint density at radius 2 is 1.16 bits per heavy atom. The van der Waals surface area contributed by atoms with Gasteiger partial charge in [0, 0.05) is 34.0 Å². The number of aromatic nitrogens is 3. The highest BCUT2D eigenvalue weighted by atomic mass is 16.1. The number of carbonyl (C=O) groups is 1. The second kappa shape index (κ2) is 14.6. The van der Waals surface area contributed by atoms with Gasteiger partial charge in [-0.1, -0.05) is 85.7 Å². The van der Waals surface area contributed by atoms with E-state index in [0.717, 1.165) is 91.9 Å². The minimum absolute atomic E-state index is 0.131. The Kier molecular flexibility index (Phi) is 10.3. The molecule has 0 saturated carbocycles. The van der Waals surface area contributed by atoms with Crippen LogP contribution < -0.4 is 10.7 Å². The van der Waals surface area contributed by atoms with Crippen LogP contribution in [0.3, 0.4) is 0 Å². The quantitative estimate of drug-likeness (QED) is 0.139. The third kappa shape index (κ3) is 5.85. The average molecular weight is 655 g/mol. The predicted octanol–water partition coefficient (Wildman–Crippen LogP) is 8.52. The fourth-order valence-corrected chi connectivity index (χ4v) is 8.83. The predicted molar refractivity (Wildman–Crippen MR) is 206 cm³/mol. The van der Waals surface area contributed by atoms with E-state index < -0.39 is 0 Å². The van der Waals surface area contributed by atoms with Gasteiger partial charge in [0.05, 0.1) is 22.3 Å². The standard InChI is InChI=1S/C44H54N4O/c1-9-27-31(13-5)41-35(22-26-20-18-17-19-21-26)42-32(14-6)28(10-2)38(46-42)24-40-30(12-4)34(16-8)44(48-40)36(25-49)43-33(15-7)29(11-3)39(47-43)23-37(27)45-41/h17-21,23-25,35,45-47H,9-16,22H2,1-8H3/b39-23-,40-24-,43-36-. The second-order valence-corrected chi connectivity index (χ2v) is 13.4. The lowest BCUT2D eigenvalue weighted by molar-refractivity contribution is -0.103. The van der Waals surface area contributed by atoms with Crippen LogP contribution in [-0.4, -0.2) is 26.9 Å². The van der Waals surface area contributed by atoms with Gasteiger partial charge in [0.25, 0.3) is 0 Å². The number of hydrogen-bond acceptors (Lipinski definition) is 2. The van der Waals surface area contributed by atoms with Crippen molar-refractivity contribution in [2.45, 2.75) is 119 Å². The number of aromatic amines is 3. The SMILES string of the molecule is CCC1=C(CC)/C2=C/c3[nH]c(c(CC)c3CC)C(Cc3ccccc3)c3[nH]c(c(CC)c3CC)/C=c3\[nH]/c(c(CC)c3CC)=C(/C=O)C1=N2. The maximum Gasteiger partial charge on any atom is 0.154 e. The molecular formula is C44H54N4O. The molecule has 0 aliphatic carbocycles. The lowest BCUT2D eigenvalue weighted by atomic mass is 9.86. The van der Waals surface area contributed by atoms with Gasteiger partial charge in [-0.2, -0.15) is 0 Å². The summed E-state index contributed by atoms with van der Waals surface area (Å²) in [6.45, 7) is 18.0. The van der Waals surface area contributed by atoms with Crippen molar-refractivity contribution in [3.8, 4) is 0 Å². The number of rotatable bonds is 11. The molecule has 5 heterocycles. The van der Waals surface area contributed by atoms with Crippen molar-refractivity contribution >= 4 is 29.7 Å².